The molecule has 0 saturated carbocycles. The minimum Gasteiger partial charge on any atom is -0.394 e. The second-order valence-corrected chi connectivity index (χ2v) is 2.56. The molecular weight excluding hydrogens is 164 g/mol. The van der Waals surface area contributed by atoms with Crippen LogP contribution in [-0.2, 0) is 0 Å². The summed E-state index contributed by atoms with van der Waals surface area (Å²) in [6.07, 6.45) is 0. The predicted octanol–water partition coefficient (Wildman–Crippen LogP) is 0.727. The number of rotatable bonds is 2. The maximum atomic E-state index is 8.67. The fraction of sp³-hybridized carbons (Fsp3) is 0.286. The molecule has 0 spiro atoms. The molecule has 1 heterocycles. The number of halogens is 1. The molecule has 11 heavy (non-hydrogen) atoms. The van der Waals surface area contributed by atoms with Crippen molar-refractivity contribution < 1.29 is 5.11 Å². The van der Waals surface area contributed by atoms with Crippen molar-refractivity contribution in [2.24, 2.45) is 5.73 Å². The average molecular weight is 173 g/mol. The van der Waals surface area contributed by atoms with Gasteiger partial charge >= 0.3 is 0 Å². The zero-order chi connectivity index (χ0) is 8.27. The standard InChI is InChI=1S/C7H9ClN2O/c8-7-3-1-2-6(10-7)5(9)4-11/h1-3,5,11H,4,9H2. The van der Waals surface area contributed by atoms with Gasteiger partial charge in [0.25, 0.3) is 0 Å². The van der Waals surface area contributed by atoms with Crippen molar-refractivity contribution in [2.45, 2.75) is 6.04 Å². The van der Waals surface area contributed by atoms with E-state index in [0.717, 1.165) is 0 Å². The third-order valence-corrected chi connectivity index (χ3v) is 1.52. The molecule has 0 aromatic carbocycles. The van der Waals surface area contributed by atoms with Gasteiger partial charge in [0.15, 0.2) is 0 Å². The number of hydrogen-bond acceptors (Lipinski definition) is 3. The van der Waals surface area contributed by atoms with Crippen molar-refractivity contribution in [1.29, 1.82) is 0 Å². The predicted molar refractivity (Wildman–Crippen MR) is 43.3 cm³/mol. The van der Waals surface area contributed by atoms with Crippen LogP contribution in [-0.4, -0.2) is 16.7 Å². The summed E-state index contributed by atoms with van der Waals surface area (Å²) < 4.78 is 0. The van der Waals surface area contributed by atoms with E-state index >= 15 is 0 Å². The summed E-state index contributed by atoms with van der Waals surface area (Å²) in [5, 5.41) is 9.07. The number of pyridine rings is 1. The fourth-order valence-electron chi connectivity index (χ4n) is 0.724. The van der Waals surface area contributed by atoms with Crippen LogP contribution in [0.25, 0.3) is 0 Å². The molecule has 60 valence electrons. The first-order chi connectivity index (χ1) is 5.24. The van der Waals surface area contributed by atoms with Crippen molar-refractivity contribution in [3.63, 3.8) is 0 Å². The lowest BCUT2D eigenvalue weighted by atomic mass is 10.2. The Labute approximate surface area is 69.8 Å². The molecule has 1 aromatic heterocycles. The molecule has 0 aliphatic carbocycles. The first-order valence-corrected chi connectivity index (χ1v) is 3.60. The first kappa shape index (κ1) is 8.46. The maximum absolute atomic E-state index is 8.67. The Morgan fingerprint density at radius 3 is 2.91 bits per heavy atom. The van der Waals surface area contributed by atoms with Gasteiger partial charge in [-0.1, -0.05) is 17.7 Å². The summed E-state index contributed by atoms with van der Waals surface area (Å²) in [6.45, 7) is -0.118. The number of aromatic nitrogens is 1. The van der Waals surface area contributed by atoms with E-state index in [2.05, 4.69) is 4.98 Å². The summed E-state index contributed by atoms with van der Waals surface area (Å²) >= 11 is 5.60. The van der Waals surface area contributed by atoms with Gasteiger partial charge in [0.1, 0.15) is 5.15 Å². The van der Waals surface area contributed by atoms with Gasteiger partial charge in [-0.3, -0.25) is 0 Å². The Morgan fingerprint density at radius 1 is 1.64 bits per heavy atom. The van der Waals surface area contributed by atoms with E-state index in [1.54, 1.807) is 18.2 Å². The fourth-order valence-corrected chi connectivity index (χ4v) is 0.894. The van der Waals surface area contributed by atoms with Crippen LogP contribution >= 0.6 is 11.6 Å². The van der Waals surface area contributed by atoms with Crippen LogP contribution in [0, 0.1) is 0 Å². The summed E-state index contributed by atoms with van der Waals surface area (Å²) in [6, 6.07) is 4.70. The third-order valence-electron chi connectivity index (χ3n) is 1.31. The van der Waals surface area contributed by atoms with Crippen LogP contribution in [0.3, 0.4) is 0 Å². The van der Waals surface area contributed by atoms with Crippen LogP contribution in [0.1, 0.15) is 11.7 Å². The summed E-state index contributed by atoms with van der Waals surface area (Å²) in [5.74, 6) is 0. The quantitative estimate of drug-likeness (QED) is 0.647. The largest absolute Gasteiger partial charge is 0.394 e. The Morgan fingerprint density at radius 2 is 2.36 bits per heavy atom. The SMILES string of the molecule is NC(CO)c1cccc(Cl)n1. The molecule has 1 atom stereocenters. The minimum absolute atomic E-state index is 0.118. The molecule has 0 radical (unpaired) electrons. The average Bonchev–Trinajstić information content (AvgIpc) is 2.03. The Bertz CT molecular complexity index is 242. The van der Waals surface area contributed by atoms with Crippen LogP contribution in [0.15, 0.2) is 18.2 Å². The normalized spacial score (nSPS) is 13.0. The van der Waals surface area contributed by atoms with E-state index < -0.39 is 6.04 Å². The Balaban J connectivity index is 2.86. The van der Waals surface area contributed by atoms with Crippen LogP contribution in [0.2, 0.25) is 5.15 Å². The second-order valence-electron chi connectivity index (χ2n) is 2.17. The lowest BCUT2D eigenvalue weighted by Crippen LogP contribution is -2.15. The van der Waals surface area contributed by atoms with Crippen molar-refractivity contribution in [3.8, 4) is 0 Å². The van der Waals surface area contributed by atoms with Gasteiger partial charge < -0.3 is 10.8 Å². The van der Waals surface area contributed by atoms with Crippen molar-refractivity contribution >= 4 is 11.6 Å². The topological polar surface area (TPSA) is 59.1 Å². The molecule has 1 unspecified atom stereocenters. The minimum atomic E-state index is -0.436. The van der Waals surface area contributed by atoms with Crippen LogP contribution < -0.4 is 5.73 Å². The molecule has 4 heteroatoms. The van der Waals surface area contributed by atoms with Gasteiger partial charge in [0, 0.05) is 0 Å². The highest BCUT2D eigenvalue weighted by Gasteiger charge is 2.04. The molecule has 0 saturated heterocycles. The van der Waals surface area contributed by atoms with E-state index in [1.807, 2.05) is 0 Å². The monoisotopic (exact) mass is 172 g/mol. The van der Waals surface area contributed by atoms with Gasteiger partial charge in [-0.2, -0.15) is 0 Å². The Kier molecular flexibility index (Phi) is 2.82. The lowest BCUT2D eigenvalue weighted by molar-refractivity contribution is 0.266. The molecule has 0 bridgehead atoms. The number of aliphatic hydroxyl groups is 1. The van der Waals surface area contributed by atoms with Crippen molar-refractivity contribution in [1.82, 2.24) is 4.98 Å². The zero-order valence-electron chi connectivity index (χ0n) is 5.87. The molecule has 0 aliphatic heterocycles. The van der Waals surface area contributed by atoms with Crippen molar-refractivity contribution in [2.75, 3.05) is 6.61 Å². The number of nitrogens with zero attached hydrogens (tertiary/aromatic N) is 1. The van der Waals surface area contributed by atoms with E-state index in [1.165, 1.54) is 0 Å². The van der Waals surface area contributed by atoms with E-state index in [4.69, 9.17) is 22.4 Å². The highest BCUT2D eigenvalue weighted by atomic mass is 35.5. The number of nitrogens with two attached hydrogens (primary N) is 1. The van der Waals surface area contributed by atoms with Gasteiger partial charge in [0.05, 0.1) is 18.3 Å². The lowest BCUT2D eigenvalue weighted by Gasteiger charge is -2.06. The molecule has 1 aromatic rings. The van der Waals surface area contributed by atoms with E-state index in [-0.39, 0.29) is 6.61 Å². The Hall–Kier alpha value is -0.640. The zero-order valence-corrected chi connectivity index (χ0v) is 6.62. The third kappa shape index (κ3) is 2.15. The van der Waals surface area contributed by atoms with Crippen molar-refractivity contribution in [3.05, 3.63) is 29.0 Å². The summed E-state index contributed by atoms with van der Waals surface area (Å²) in [5.41, 5.74) is 6.10. The summed E-state index contributed by atoms with van der Waals surface area (Å²) in [4.78, 5) is 3.92. The van der Waals surface area contributed by atoms with Gasteiger partial charge in [0.2, 0.25) is 0 Å². The maximum Gasteiger partial charge on any atom is 0.129 e. The molecular formula is C7H9ClN2O. The molecule has 0 aliphatic rings. The highest BCUT2D eigenvalue weighted by Crippen LogP contribution is 2.10. The van der Waals surface area contributed by atoms with E-state index in [9.17, 15) is 0 Å². The van der Waals surface area contributed by atoms with Gasteiger partial charge in [-0.05, 0) is 12.1 Å². The van der Waals surface area contributed by atoms with Gasteiger partial charge in [-0.25, -0.2) is 4.98 Å². The molecule has 3 N–H and O–H groups in total. The smallest absolute Gasteiger partial charge is 0.129 e. The van der Waals surface area contributed by atoms with Crippen LogP contribution in [0.5, 0.6) is 0 Å². The first-order valence-electron chi connectivity index (χ1n) is 3.23. The summed E-state index contributed by atoms with van der Waals surface area (Å²) in [7, 11) is 0. The highest BCUT2D eigenvalue weighted by molar-refractivity contribution is 6.29. The molecule has 1 rings (SSSR count). The molecule has 0 fully saturated rings. The van der Waals surface area contributed by atoms with Gasteiger partial charge in [-0.15, -0.1) is 0 Å². The second kappa shape index (κ2) is 3.67. The number of aliphatic hydroxyl groups excluding tert-OH is 1. The number of hydrogen-bond donors (Lipinski definition) is 2. The van der Waals surface area contributed by atoms with Crippen LogP contribution in [0.4, 0.5) is 0 Å². The van der Waals surface area contributed by atoms with E-state index in [0.29, 0.717) is 10.8 Å². The molecule has 0 amide bonds. The molecule has 3 nitrogen and oxygen atoms in total.